The third kappa shape index (κ3) is 3.30. The summed E-state index contributed by atoms with van der Waals surface area (Å²) in [5.74, 6) is 0. The Labute approximate surface area is 127 Å². The van der Waals surface area contributed by atoms with Crippen molar-refractivity contribution >= 4 is 10.0 Å². The van der Waals surface area contributed by atoms with Gasteiger partial charge < -0.3 is 5.11 Å². The van der Waals surface area contributed by atoms with Crippen LogP contribution < -0.4 is 0 Å². The van der Waals surface area contributed by atoms with Gasteiger partial charge in [0, 0.05) is 12.1 Å². The van der Waals surface area contributed by atoms with Gasteiger partial charge in [-0.2, -0.15) is 4.31 Å². The summed E-state index contributed by atoms with van der Waals surface area (Å²) in [5, 5.41) is 9.38. The molecule has 0 aromatic heterocycles. The molecule has 0 saturated carbocycles. The fraction of sp³-hybridized carbons (Fsp3) is 0.625. The first-order chi connectivity index (χ1) is 9.77. The molecular formula is C16H25NO3S. The van der Waals surface area contributed by atoms with Gasteiger partial charge in [0.2, 0.25) is 10.0 Å². The Hall–Kier alpha value is -0.910. The molecular weight excluding hydrogens is 286 g/mol. The number of nitrogens with zero attached hydrogens (tertiary/aromatic N) is 1. The summed E-state index contributed by atoms with van der Waals surface area (Å²) in [4.78, 5) is 0. The molecule has 0 radical (unpaired) electrons. The standard InChI is InChI=1S/C16H25NO3S/c1-16(2,3)21(19,20)17-14(11-15(17)12-18)10-9-13-7-5-4-6-8-13/h4-8,14-15,18H,9-12H2,1-3H3/t14-,15+/m1/s1. The molecule has 0 aliphatic carbocycles. The lowest BCUT2D eigenvalue weighted by atomic mass is 9.92. The normalized spacial score (nSPS) is 23.8. The van der Waals surface area contributed by atoms with E-state index in [1.165, 1.54) is 9.87 Å². The van der Waals surface area contributed by atoms with Gasteiger partial charge in [-0.1, -0.05) is 30.3 Å². The third-order valence-corrected chi connectivity index (χ3v) is 6.83. The van der Waals surface area contributed by atoms with Crippen molar-refractivity contribution in [1.82, 2.24) is 4.31 Å². The van der Waals surface area contributed by atoms with Crippen LogP contribution in [0.5, 0.6) is 0 Å². The summed E-state index contributed by atoms with van der Waals surface area (Å²) in [7, 11) is -3.38. The summed E-state index contributed by atoms with van der Waals surface area (Å²) in [6, 6.07) is 9.84. The van der Waals surface area contributed by atoms with Crippen LogP contribution in [0.1, 0.15) is 39.2 Å². The molecule has 1 saturated heterocycles. The van der Waals surface area contributed by atoms with Crippen molar-refractivity contribution in [3.63, 3.8) is 0 Å². The highest BCUT2D eigenvalue weighted by Crippen LogP contribution is 2.36. The van der Waals surface area contributed by atoms with Crippen LogP contribution in [-0.4, -0.2) is 41.3 Å². The van der Waals surface area contributed by atoms with Gasteiger partial charge in [-0.05, 0) is 45.6 Å². The van der Waals surface area contributed by atoms with Crippen LogP contribution in [0.25, 0.3) is 0 Å². The Morgan fingerprint density at radius 3 is 2.33 bits per heavy atom. The number of hydrogen-bond donors (Lipinski definition) is 1. The SMILES string of the molecule is CC(C)(C)S(=O)(=O)N1[C@H](CO)C[C@H]1CCc1ccccc1. The number of aliphatic hydroxyl groups is 1. The number of rotatable bonds is 5. The Bertz CT molecular complexity index is 563. The minimum Gasteiger partial charge on any atom is -0.395 e. The van der Waals surface area contributed by atoms with Gasteiger partial charge in [-0.15, -0.1) is 0 Å². The molecule has 118 valence electrons. The van der Waals surface area contributed by atoms with E-state index in [1.54, 1.807) is 20.8 Å². The van der Waals surface area contributed by atoms with Gasteiger partial charge in [-0.25, -0.2) is 8.42 Å². The molecule has 1 N–H and O–H groups in total. The average molecular weight is 311 g/mol. The summed E-state index contributed by atoms with van der Waals surface area (Å²) in [6.07, 6.45) is 2.41. The van der Waals surface area contributed by atoms with Crippen LogP contribution in [0.3, 0.4) is 0 Å². The lowest BCUT2D eigenvalue weighted by molar-refractivity contribution is 0.0520. The maximum atomic E-state index is 12.6. The lowest BCUT2D eigenvalue weighted by Crippen LogP contribution is -2.63. The van der Waals surface area contributed by atoms with Crippen LogP contribution in [0.4, 0.5) is 0 Å². The highest BCUT2D eigenvalue weighted by atomic mass is 32.2. The van der Waals surface area contributed by atoms with Gasteiger partial charge in [0.25, 0.3) is 0 Å². The zero-order valence-electron chi connectivity index (χ0n) is 13.0. The minimum atomic E-state index is -3.38. The zero-order valence-corrected chi connectivity index (χ0v) is 13.8. The Balaban J connectivity index is 2.07. The number of hydrogen-bond acceptors (Lipinski definition) is 3. The molecule has 0 amide bonds. The van der Waals surface area contributed by atoms with Gasteiger partial charge in [-0.3, -0.25) is 0 Å². The predicted molar refractivity (Wildman–Crippen MR) is 84.6 cm³/mol. The molecule has 2 atom stereocenters. The van der Waals surface area contributed by atoms with E-state index in [9.17, 15) is 13.5 Å². The van der Waals surface area contributed by atoms with E-state index in [-0.39, 0.29) is 18.7 Å². The van der Waals surface area contributed by atoms with E-state index in [0.717, 1.165) is 19.3 Å². The lowest BCUT2D eigenvalue weighted by Gasteiger charge is -2.49. The monoisotopic (exact) mass is 311 g/mol. The fourth-order valence-electron chi connectivity index (χ4n) is 2.77. The van der Waals surface area contributed by atoms with Crippen molar-refractivity contribution in [3.8, 4) is 0 Å². The van der Waals surface area contributed by atoms with Crippen LogP contribution in [0, 0.1) is 0 Å². The van der Waals surface area contributed by atoms with Gasteiger partial charge >= 0.3 is 0 Å². The molecule has 1 aliphatic heterocycles. The maximum Gasteiger partial charge on any atom is 0.219 e. The second-order valence-electron chi connectivity index (χ2n) is 6.70. The summed E-state index contributed by atoms with van der Waals surface area (Å²) < 4.78 is 26.0. The van der Waals surface area contributed by atoms with Crippen LogP contribution >= 0.6 is 0 Å². The molecule has 2 rings (SSSR count). The summed E-state index contributed by atoms with van der Waals surface area (Å²) in [5.41, 5.74) is 1.22. The number of aliphatic hydroxyl groups excluding tert-OH is 1. The quantitative estimate of drug-likeness (QED) is 0.907. The molecule has 1 heterocycles. The topological polar surface area (TPSA) is 57.6 Å². The number of benzene rings is 1. The van der Waals surface area contributed by atoms with Crippen molar-refractivity contribution in [3.05, 3.63) is 35.9 Å². The smallest absolute Gasteiger partial charge is 0.219 e. The average Bonchev–Trinajstić information content (AvgIpc) is 2.37. The van der Waals surface area contributed by atoms with E-state index in [0.29, 0.717) is 0 Å². The maximum absolute atomic E-state index is 12.6. The van der Waals surface area contributed by atoms with Crippen molar-refractivity contribution in [2.75, 3.05) is 6.61 Å². The highest BCUT2D eigenvalue weighted by Gasteiger charge is 2.49. The Morgan fingerprint density at radius 2 is 1.81 bits per heavy atom. The van der Waals surface area contributed by atoms with Crippen LogP contribution in [-0.2, 0) is 16.4 Å². The zero-order chi connectivity index (χ0) is 15.7. The summed E-state index contributed by atoms with van der Waals surface area (Å²) >= 11 is 0. The predicted octanol–water partition coefficient (Wildman–Crippen LogP) is 2.18. The molecule has 21 heavy (non-hydrogen) atoms. The van der Waals surface area contributed by atoms with E-state index >= 15 is 0 Å². The van der Waals surface area contributed by atoms with Gasteiger partial charge in [0.05, 0.1) is 11.4 Å². The number of sulfonamides is 1. The molecule has 0 unspecified atom stereocenters. The first kappa shape index (κ1) is 16.5. The largest absolute Gasteiger partial charge is 0.395 e. The van der Waals surface area contributed by atoms with Crippen molar-refractivity contribution in [1.29, 1.82) is 0 Å². The first-order valence-electron chi connectivity index (χ1n) is 7.45. The van der Waals surface area contributed by atoms with Crippen molar-refractivity contribution in [2.45, 2.75) is 56.9 Å². The first-order valence-corrected chi connectivity index (χ1v) is 8.89. The van der Waals surface area contributed by atoms with E-state index < -0.39 is 14.8 Å². The van der Waals surface area contributed by atoms with Crippen LogP contribution in [0.2, 0.25) is 0 Å². The number of aryl methyl sites for hydroxylation is 1. The molecule has 1 aromatic rings. The Kier molecular flexibility index (Phi) is 4.76. The molecule has 0 bridgehead atoms. The molecule has 1 aromatic carbocycles. The second-order valence-corrected chi connectivity index (χ2v) is 9.29. The molecule has 4 nitrogen and oxygen atoms in total. The molecule has 0 spiro atoms. The molecule has 5 heteroatoms. The third-order valence-electron chi connectivity index (χ3n) is 4.14. The van der Waals surface area contributed by atoms with Crippen LogP contribution in [0.15, 0.2) is 30.3 Å². The van der Waals surface area contributed by atoms with E-state index in [4.69, 9.17) is 0 Å². The highest BCUT2D eigenvalue weighted by molar-refractivity contribution is 7.90. The second kappa shape index (κ2) is 6.07. The molecule has 1 fully saturated rings. The fourth-order valence-corrected chi connectivity index (χ4v) is 4.53. The van der Waals surface area contributed by atoms with Gasteiger partial charge in [0.15, 0.2) is 0 Å². The van der Waals surface area contributed by atoms with Gasteiger partial charge in [0.1, 0.15) is 0 Å². The van der Waals surface area contributed by atoms with E-state index in [1.807, 2.05) is 18.2 Å². The van der Waals surface area contributed by atoms with Crippen molar-refractivity contribution < 1.29 is 13.5 Å². The molecule has 1 aliphatic rings. The Morgan fingerprint density at radius 1 is 1.19 bits per heavy atom. The summed E-state index contributed by atoms with van der Waals surface area (Å²) in [6.45, 7) is 5.03. The van der Waals surface area contributed by atoms with Crippen molar-refractivity contribution in [2.24, 2.45) is 0 Å². The minimum absolute atomic E-state index is 0.00609. The van der Waals surface area contributed by atoms with E-state index in [2.05, 4.69) is 12.1 Å².